The summed E-state index contributed by atoms with van der Waals surface area (Å²) in [5.41, 5.74) is 3.68. The van der Waals surface area contributed by atoms with Crippen LogP contribution in [0.25, 0.3) is 11.3 Å². The lowest BCUT2D eigenvalue weighted by atomic mass is 9.86. The Morgan fingerprint density at radius 1 is 1.12 bits per heavy atom. The molecule has 2 heterocycles. The molecule has 0 bridgehead atoms. The molecular weight excluding hydrogens is 383 g/mol. The third-order valence-electron chi connectivity index (χ3n) is 4.51. The summed E-state index contributed by atoms with van der Waals surface area (Å²) in [6.07, 6.45) is 3.36. The van der Waals surface area contributed by atoms with Gasteiger partial charge in [-0.1, -0.05) is 32.9 Å². The average Bonchev–Trinajstić information content (AvgIpc) is 2.97. The Kier molecular flexibility index (Phi) is 5.04. The summed E-state index contributed by atoms with van der Waals surface area (Å²) in [5.74, 6) is 0.325. The van der Waals surface area contributed by atoms with Gasteiger partial charge in [0.15, 0.2) is 4.67 Å². The van der Waals surface area contributed by atoms with Gasteiger partial charge in [-0.05, 0) is 52.2 Å². The van der Waals surface area contributed by atoms with Crippen molar-refractivity contribution >= 4 is 15.9 Å². The van der Waals surface area contributed by atoms with Gasteiger partial charge < -0.3 is 4.42 Å². The van der Waals surface area contributed by atoms with E-state index in [-0.39, 0.29) is 11.2 Å². The highest BCUT2D eigenvalue weighted by Gasteiger charge is 2.20. The first kappa shape index (κ1) is 17.8. The second-order valence-corrected chi connectivity index (χ2v) is 7.42. The van der Waals surface area contributed by atoms with Crippen LogP contribution in [0.15, 0.2) is 51.7 Å². The summed E-state index contributed by atoms with van der Waals surface area (Å²) >= 11 is 3.43. The molecule has 25 heavy (non-hydrogen) atoms. The summed E-state index contributed by atoms with van der Waals surface area (Å²) in [4.78, 5) is 9.16. The molecule has 0 saturated heterocycles. The molecule has 0 unspecified atom stereocenters. The maximum atomic E-state index is 13.0. The van der Waals surface area contributed by atoms with Gasteiger partial charge in [0.1, 0.15) is 11.5 Å². The molecule has 0 radical (unpaired) electrons. The molecule has 3 nitrogen and oxygen atoms in total. The van der Waals surface area contributed by atoms with Crippen LogP contribution in [-0.4, -0.2) is 9.97 Å². The number of aromatic nitrogens is 2. The molecule has 0 spiro atoms. The topological polar surface area (TPSA) is 38.9 Å². The molecule has 1 aromatic carbocycles. The quantitative estimate of drug-likeness (QED) is 0.531. The van der Waals surface area contributed by atoms with Crippen LogP contribution in [0.2, 0.25) is 0 Å². The SMILES string of the molecule is CCC(C)(C)c1ccc(-c2nc(Cc3ccc(F)cc3)oc2Br)cn1. The van der Waals surface area contributed by atoms with Gasteiger partial charge in [-0.2, -0.15) is 0 Å². The minimum absolute atomic E-state index is 0.0489. The van der Waals surface area contributed by atoms with E-state index in [0.717, 1.165) is 28.9 Å². The molecular formula is C20H20BrFN2O. The monoisotopic (exact) mass is 402 g/mol. The fraction of sp³-hybridized carbons (Fsp3) is 0.300. The molecule has 0 saturated carbocycles. The fourth-order valence-electron chi connectivity index (χ4n) is 2.49. The lowest BCUT2D eigenvalue weighted by molar-refractivity contribution is 0.486. The average molecular weight is 403 g/mol. The summed E-state index contributed by atoms with van der Waals surface area (Å²) in [5, 5.41) is 0. The highest BCUT2D eigenvalue weighted by Crippen LogP contribution is 2.31. The molecule has 3 rings (SSSR count). The van der Waals surface area contributed by atoms with Crippen molar-refractivity contribution in [1.29, 1.82) is 0 Å². The van der Waals surface area contributed by atoms with Gasteiger partial charge in [0.05, 0.1) is 0 Å². The van der Waals surface area contributed by atoms with Crippen molar-refractivity contribution in [3.05, 3.63) is 70.2 Å². The molecule has 0 N–H and O–H groups in total. The largest absolute Gasteiger partial charge is 0.433 e. The van der Waals surface area contributed by atoms with Gasteiger partial charge in [0.25, 0.3) is 0 Å². The number of hydrogen-bond acceptors (Lipinski definition) is 3. The predicted molar refractivity (Wildman–Crippen MR) is 100.0 cm³/mol. The molecule has 0 atom stereocenters. The molecule has 2 aromatic heterocycles. The Morgan fingerprint density at radius 3 is 2.44 bits per heavy atom. The zero-order valence-electron chi connectivity index (χ0n) is 14.5. The second kappa shape index (κ2) is 7.08. The van der Waals surface area contributed by atoms with Gasteiger partial charge in [0, 0.05) is 29.3 Å². The third-order valence-corrected chi connectivity index (χ3v) is 5.05. The van der Waals surface area contributed by atoms with Gasteiger partial charge in [-0.25, -0.2) is 9.37 Å². The van der Waals surface area contributed by atoms with E-state index in [9.17, 15) is 4.39 Å². The van der Waals surface area contributed by atoms with Crippen LogP contribution in [-0.2, 0) is 11.8 Å². The Labute approximate surface area is 155 Å². The van der Waals surface area contributed by atoms with Crippen molar-refractivity contribution < 1.29 is 8.81 Å². The van der Waals surface area contributed by atoms with E-state index < -0.39 is 0 Å². The van der Waals surface area contributed by atoms with Crippen molar-refractivity contribution in [2.75, 3.05) is 0 Å². The number of pyridine rings is 1. The number of rotatable bonds is 5. The molecule has 5 heteroatoms. The summed E-state index contributed by atoms with van der Waals surface area (Å²) in [6.45, 7) is 6.52. The Hall–Kier alpha value is -2.01. The predicted octanol–water partition coefficient (Wildman–Crippen LogP) is 5.92. The highest BCUT2D eigenvalue weighted by molar-refractivity contribution is 9.10. The number of nitrogens with zero attached hydrogens (tertiary/aromatic N) is 2. The minimum atomic E-state index is -0.251. The Morgan fingerprint density at radius 2 is 1.84 bits per heavy atom. The van der Waals surface area contributed by atoms with E-state index in [1.807, 2.05) is 18.3 Å². The summed E-state index contributed by atoms with van der Waals surface area (Å²) < 4.78 is 19.3. The van der Waals surface area contributed by atoms with Crippen molar-refractivity contribution in [3.8, 4) is 11.3 Å². The van der Waals surface area contributed by atoms with Gasteiger partial charge in [-0.15, -0.1) is 0 Å². The normalized spacial score (nSPS) is 11.7. The van der Waals surface area contributed by atoms with E-state index in [4.69, 9.17) is 4.42 Å². The van der Waals surface area contributed by atoms with E-state index in [1.165, 1.54) is 12.1 Å². The Bertz CT molecular complexity index is 854. The molecule has 0 amide bonds. The smallest absolute Gasteiger partial charge is 0.200 e. The van der Waals surface area contributed by atoms with Crippen LogP contribution >= 0.6 is 15.9 Å². The molecule has 0 aliphatic rings. The van der Waals surface area contributed by atoms with Crippen molar-refractivity contribution in [2.45, 2.75) is 39.0 Å². The van der Waals surface area contributed by atoms with Crippen molar-refractivity contribution in [2.24, 2.45) is 0 Å². The maximum Gasteiger partial charge on any atom is 0.200 e. The lowest BCUT2D eigenvalue weighted by Gasteiger charge is -2.21. The van der Waals surface area contributed by atoms with Crippen LogP contribution in [0.5, 0.6) is 0 Å². The van der Waals surface area contributed by atoms with Gasteiger partial charge >= 0.3 is 0 Å². The first-order valence-electron chi connectivity index (χ1n) is 8.25. The fourth-order valence-corrected chi connectivity index (χ4v) is 2.99. The van der Waals surface area contributed by atoms with Crippen LogP contribution in [0.4, 0.5) is 4.39 Å². The number of benzene rings is 1. The lowest BCUT2D eigenvalue weighted by Crippen LogP contribution is -2.17. The maximum absolute atomic E-state index is 13.0. The van der Waals surface area contributed by atoms with E-state index in [0.29, 0.717) is 17.0 Å². The van der Waals surface area contributed by atoms with Crippen LogP contribution in [0.1, 0.15) is 44.3 Å². The molecule has 130 valence electrons. The Balaban J connectivity index is 1.83. The number of halogens is 2. The number of hydrogen-bond donors (Lipinski definition) is 0. The highest BCUT2D eigenvalue weighted by atomic mass is 79.9. The molecule has 0 aliphatic carbocycles. The van der Waals surface area contributed by atoms with Gasteiger partial charge in [-0.3, -0.25) is 4.98 Å². The van der Waals surface area contributed by atoms with E-state index in [1.54, 1.807) is 12.1 Å². The van der Waals surface area contributed by atoms with Crippen LogP contribution < -0.4 is 0 Å². The first-order chi connectivity index (χ1) is 11.9. The van der Waals surface area contributed by atoms with Crippen LogP contribution in [0.3, 0.4) is 0 Å². The summed E-state index contributed by atoms with van der Waals surface area (Å²) in [7, 11) is 0. The zero-order chi connectivity index (χ0) is 18.0. The minimum Gasteiger partial charge on any atom is -0.433 e. The molecule has 0 fully saturated rings. The van der Waals surface area contributed by atoms with E-state index in [2.05, 4.69) is 46.7 Å². The van der Waals surface area contributed by atoms with Crippen molar-refractivity contribution in [1.82, 2.24) is 9.97 Å². The first-order valence-corrected chi connectivity index (χ1v) is 9.05. The van der Waals surface area contributed by atoms with Crippen LogP contribution in [0, 0.1) is 5.82 Å². The van der Waals surface area contributed by atoms with Crippen molar-refractivity contribution in [3.63, 3.8) is 0 Å². The second-order valence-electron chi connectivity index (χ2n) is 6.70. The zero-order valence-corrected chi connectivity index (χ0v) is 16.1. The summed E-state index contributed by atoms with van der Waals surface area (Å²) in [6, 6.07) is 10.4. The molecule has 0 aliphatic heterocycles. The van der Waals surface area contributed by atoms with E-state index >= 15 is 0 Å². The molecule has 3 aromatic rings. The third kappa shape index (κ3) is 3.98. The number of oxazole rings is 1. The standard InChI is InChI=1S/C20H20BrFN2O/c1-4-20(2,3)16-10-7-14(12-23-16)18-19(21)25-17(24-18)11-13-5-8-15(22)9-6-13/h5-10,12H,4,11H2,1-3H3. The van der Waals surface area contributed by atoms with Gasteiger partial charge in [0.2, 0.25) is 5.89 Å².